The van der Waals surface area contributed by atoms with E-state index >= 15 is 0 Å². The fourth-order valence-corrected chi connectivity index (χ4v) is 4.27. The number of nitrogens with one attached hydrogen (secondary N) is 1. The second-order valence-electron chi connectivity index (χ2n) is 9.41. The largest absolute Gasteiger partial charge is 0.443 e. The fraction of sp³-hybridized carbons (Fsp3) is 0.417. The van der Waals surface area contributed by atoms with Gasteiger partial charge >= 0.3 is 6.09 Å². The second kappa shape index (κ2) is 6.81. The topological polar surface area (TPSA) is 94.9 Å². The Morgan fingerprint density at radius 1 is 1.23 bits per heavy atom. The molecule has 1 aromatic carbocycles. The van der Waals surface area contributed by atoms with Gasteiger partial charge in [-0.25, -0.2) is 9.78 Å². The van der Waals surface area contributed by atoms with Crippen LogP contribution in [0, 0.1) is 11.3 Å². The summed E-state index contributed by atoms with van der Waals surface area (Å²) in [5.41, 5.74) is 4.33. The summed E-state index contributed by atoms with van der Waals surface area (Å²) >= 11 is 0. The van der Waals surface area contributed by atoms with E-state index in [1.54, 1.807) is 11.0 Å². The number of nitrogens with zero attached hydrogens (tertiary/aromatic N) is 4. The van der Waals surface area contributed by atoms with Gasteiger partial charge in [0.2, 0.25) is 0 Å². The zero-order valence-electron chi connectivity index (χ0n) is 18.0. The summed E-state index contributed by atoms with van der Waals surface area (Å²) in [5, 5.41) is 9.16. The van der Waals surface area contributed by atoms with E-state index in [2.05, 4.69) is 11.1 Å². The summed E-state index contributed by atoms with van der Waals surface area (Å²) in [5.74, 6) is 0.893. The van der Waals surface area contributed by atoms with Gasteiger partial charge in [0, 0.05) is 6.54 Å². The highest BCUT2D eigenvalue weighted by molar-refractivity contribution is 5.89. The number of aryl methyl sites for hydroxylation is 1. The van der Waals surface area contributed by atoms with Gasteiger partial charge in [-0.3, -0.25) is 9.88 Å². The molecule has 0 radical (unpaired) electrons. The Balaban J connectivity index is 1.48. The Kier molecular flexibility index (Phi) is 4.30. The summed E-state index contributed by atoms with van der Waals surface area (Å²) in [7, 11) is 0. The number of pyridine rings is 1. The number of carbonyl (C=O) groups is 1. The smallest absolute Gasteiger partial charge is 0.414 e. The third-order valence-electron chi connectivity index (χ3n) is 5.95. The summed E-state index contributed by atoms with van der Waals surface area (Å²) in [4.78, 5) is 27.6. The van der Waals surface area contributed by atoms with Crippen molar-refractivity contribution in [1.29, 1.82) is 5.26 Å². The Bertz CT molecular complexity index is 1230. The first-order chi connectivity index (χ1) is 14.8. The molecule has 158 valence electrons. The third-order valence-corrected chi connectivity index (χ3v) is 5.95. The number of amides is 1. The van der Waals surface area contributed by atoms with Gasteiger partial charge in [-0.2, -0.15) is 5.26 Å². The molecule has 31 heavy (non-hydrogen) atoms. The average Bonchev–Trinajstić information content (AvgIpc) is 3.44. The normalized spacial score (nSPS) is 17.2. The van der Waals surface area contributed by atoms with Gasteiger partial charge in [0.15, 0.2) is 0 Å². The van der Waals surface area contributed by atoms with E-state index in [1.807, 2.05) is 45.0 Å². The number of H-pyrrole nitrogens is 1. The van der Waals surface area contributed by atoms with Gasteiger partial charge in [0.05, 0.1) is 45.2 Å². The van der Waals surface area contributed by atoms with Crippen molar-refractivity contribution in [3.05, 3.63) is 53.1 Å². The van der Waals surface area contributed by atoms with Crippen molar-refractivity contribution < 1.29 is 9.53 Å². The molecule has 2 aromatic heterocycles. The minimum Gasteiger partial charge on any atom is -0.443 e. The van der Waals surface area contributed by atoms with Crippen molar-refractivity contribution in [2.75, 3.05) is 11.4 Å². The fourth-order valence-electron chi connectivity index (χ4n) is 4.27. The molecule has 7 heteroatoms. The molecular weight excluding hydrogens is 390 g/mol. The number of hydrogen-bond acceptors (Lipinski definition) is 5. The highest BCUT2D eigenvalue weighted by Gasteiger charge is 2.50. The molecule has 7 nitrogen and oxygen atoms in total. The first-order valence-electron chi connectivity index (χ1n) is 10.7. The Labute approximate surface area is 181 Å². The lowest BCUT2D eigenvalue weighted by molar-refractivity contribution is 0.0577. The molecule has 3 heterocycles. The minimum atomic E-state index is -0.535. The standard InChI is InChI=1S/C24H25N5O2/c1-23(2,3)31-22(30)29-12-4-5-17-19(29)8-9-20(26-17)24(10-11-24)21-27-16-7-6-15(14-25)13-18(16)28-21/h6-9,13H,4-5,10-12H2,1-3H3,(H,27,28). The highest BCUT2D eigenvalue weighted by Crippen LogP contribution is 2.52. The zero-order valence-corrected chi connectivity index (χ0v) is 18.0. The van der Waals surface area contributed by atoms with E-state index in [0.29, 0.717) is 12.1 Å². The molecule has 1 amide bonds. The molecule has 1 saturated carbocycles. The van der Waals surface area contributed by atoms with Crippen LogP contribution in [-0.2, 0) is 16.6 Å². The van der Waals surface area contributed by atoms with Crippen LogP contribution in [0.1, 0.15) is 62.8 Å². The monoisotopic (exact) mass is 415 g/mol. The van der Waals surface area contributed by atoms with Crippen molar-refractivity contribution in [3.63, 3.8) is 0 Å². The van der Waals surface area contributed by atoms with Gasteiger partial charge < -0.3 is 9.72 Å². The summed E-state index contributed by atoms with van der Waals surface area (Å²) in [6.07, 6.45) is 3.32. The summed E-state index contributed by atoms with van der Waals surface area (Å²) in [6.45, 7) is 6.27. The maximum Gasteiger partial charge on any atom is 0.414 e. The molecule has 1 N–H and O–H groups in total. The van der Waals surface area contributed by atoms with E-state index in [9.17, 15) is 4.79 Å². The lowest BCUT2D eigenvalue weighted by Crippen LogP contribution is -2.40. The molecule has 1 fully saturated rings. The maximum absolute atomic E-state index is 12.7. The molecule has 2 aliphatic rings. The van der Waals surface area contributed by atoms with Crippen molar-refractivity contribution in [2.24, 2.45) is 0 Å². The van der Waals surface area contributed by atoms with Crippen LogP contribution in [0.15, 0.2) is 30.3 Å². The van der Waals surface area contributed by atoms with E-state index in [1.165, 1.54) is 0 Å². The van der Waals surface area contributed by atoms with Crippen LogP contribution in [0.4, 0.5) is 10.5 Å². The molecular formula is C24H25N5O2. The number of hydrogen-bond donors (Lipinski definition) is 1. The highest BCUT2D eigenvalue weighted by atomic mass is 16.6. The van der Waals surface area contributed by atoms with Crippen molar-refractivity contribution in [1.82, 2.24) is 15.0 Å². The Morgan fingerprint density at radius 3 is 2.74 bits per heavy atom. The van der Waals surface area contributed by atoms with Crippen LogP contribution in [0.3, 0.4) is 0 Å². The lowest BCUT2D eigenvalue weighted by Gasteiger charge is -2.31. The molecule has 0 spiro atoms. The average molecular weight is 415 g/mol. The second-order valence-corrected chi connectivity index (χ2v) is 9.41. The molecule has 5 rings (SSSR count). The van der Waals surface area contributed by atoms with Crippen LogP contribution in [-0.4, -0.2) is 33.2 Å². The van der Waals surface area contributed by atoms with Gasteiger partial charge in [-0.1, -0.05) is 0 Å². The van der Waals surface area contributed by atoms with Crippen LogP contribution in [0.25, 0.3) is 11.0 Å². The van der Waals surface area contributed by atoms with Crippen LogP contribution in [0.5, 0.6) is 0 Å². The van der Waals surface area contributed by atoms with Crippen molar-refractivity contribution >= 4 is 22.8 Å². The number of rotatable bonds is 2. The Morgan fingerprint density at radius 2 is 2.03 bits per heavy atom. The van der Waals surface area contributed by atoms with Gasteiger partial charge in [0.1, 0.15) is 11.4 Å². The summed E-state index contributed by atoms with van der Waals surface area (Å²) < 4.78 is 5.59. The number of ether oxygens (including phenoxy) is 1. The number of aromatic nitrogens is 3. The third kappa shape index (κ3) is 3.42. The number of benzene rings is 1. The maximum atomic E-state index is 12.7. The van der Waals surface area contributed by atoms with Crippen molar-refractivity contribution in [3.8, 4) is 6.07 Å². The molecule has 0 atom stereocenters. The lowest BCUT2D eigenvalue weighted by atomic mass is 9.98. The molecule has 1 aliphatic carbocycles. The van der Waals surface area contributed by atoms with E-state index in [0.717, 1.165) is 59.6 Å². The number of fused-ring (bicyclic) bond motifs is 2. The predicted octanol–water partition coefficient (Wildman–Crippen LogP) is 4.60. The van der Waals surface area contributed by atoms with Crippen LogP contribution < -0.4 is 4.90 Å². The van der Waals surface area contributed by atoms with Gasteiger partial charge in [0.25, 0.3) is 0 Å². The van der Waals surface area contributed by atoms with Gasteiger partial charge in [-0.15, -0.1) is 0 Å². The van der Waals surface area contributed by atoms with E-state index in [4.69, 9.17) is 20.0 Å². The minimum absolute atomic E-state index is 0.227. The Hall–Kier alpha value is -3.40. The van der Waals surface area contributed by atoms with E-state index in [-0.39, 0.29) is 11.5 Å². The molecule has 0 unspecified atom stereocenters. The first-order valence-corrected chi connectivity index (χ1v) is 10.7. The number of aromatic amines is 1. The zero-order chi connectivity index (χ0) is 21.8. The first kappa shape index (κ1) is 19.6. The van der Waals surface area contributed by atoms with Crippen LogP contribution >= 0.6 is 0 Å². The number of carbonyl (C=O) groups excluding carboxylic acids is 1. The molecule has 3 aromatic rings. The van der Waals surface area contributed by atoms with Gasteiger partial charge in [-0.05, 0) is 76.8 Å². The predicted molar refractivity (Wildman–Crippen MR) is 117 cm³/mol. The van der Waals surface area contributed by atoms with Crippen molar-refractivity contribution in [2.45, 2.75) is 57.5 Å². The van der Waals surface area contributed by atoms with E-state index < -0.39 is 5.60 Å². The molecule has 0 saturated heterocycles. The quantitative estimate of drug-likeness (QED) is 0.660. The SMILES string of the molecule is CC(C)(C)OC(=O)N1CCCc2nc(C3(c4nc5ccc(C#N)cc5[nH]4)CC3)ccc21. The number of anilines is 1. The molecule has 1 aliphatic heterocycles. The number of nitriles is 1. The van der Waals surface area contributed by atoms with Crippen LogP contribution in [0.2, 0.25) is 0 Å². The molecule has 0 bridgehead atoms. The number of imidazole rings is 1. The summed E-state index contributed by atoms with van der Waals surface area (Å²) in [6, 6.07) is 11.7.